The predicted octanol–water partition coefficient (Wildman–Crippen LogP) is 2.55. The van der Waals surface area contributed by atoms with Crippen LogP contribution < -0.4 is 0 Å². The predicted molar refractivity (Wildman–Crippen MR) is 73.0 cm³/mol. The molecule has 88 valence electrons. The number of Topliss-reactive ketones (excluding diaryl/α,β-unsaturated/α-hetero) is 1. The molecule has 0 bridgehead atoms. The number of aryl methyl sites for hydroxylation is 1. The first-order valence-corrected chi connectivity index (χ1v) is 7.70. The van der Waals surface area contributed by atoms with Crippen molar-refractivity contribution >= 4 is 49.8 Å². The Morgan fingerprint density at radius 1 is 1.31 bits per heavy atom. The summed E-state index contributed by atoms with van der Waals surface area (Å²) in [5.74, 6) is -0.614. The smallest absolute Gasteiger partial charge is 0.257 e. The minimum Gasteiger partial charge on any atom is -0.290 e. The fourth-order valence-electron chi connectivity index (χ4n) is 1.04. The average molecular weight is 373 g/mol. The molecule has 0 spiro atoms. The third-order valence-electron chi connectivity index (χ3n) is 2.04. The maximum absolute atomic E-state index is 11.9. The summed E-state index contributed by atoms with van der Waals surface area (Å²) in [6.07, 6.45) is 0.943. The van der Waals surface area contributed by atoms with Crippen molar-refractivity contribution in [3.8, 4) is 0 Å². The van der Waals surface area contributed by atoms with Crippen molar-refractivity contribution in [2.75, 3.05) is 6.26 Å². The summed E-state index contributed by atoms with van der Waals surface area (Å²) in [6, 6.07) is 6.61. The van der Waals surface area contributed by atoms with Gasteiger partial charge in [-0.2, -0.15) is 0 Å². The van der Waals surface area contributed by atoms with Crippen molar-refractivity contribution in [3.63, 3.8) is 0 Å². The summed E-state index contributed by atoms with van der Waals surface area (Å²) in [7, 11) is -3.66. The minimum absolute atomic E-state index is 0.292. The van der Waals surface area contributed by atoms with Crippen LogP contribution in [0.15, 0.2) is 24.3 Å². The SMILES string of the molecule is Cc1ccc(C(=O)[C@](Cl)(I)S(C)(=O)=O)cc1. The first kappa shape index (κ1) is 13.9. The Kier molecular flexibility index (Phi) is 4.02. The molecule has 0 amide bonds. The minimum atomic E-state index is -3.66. The molecule has 0 radical (unpaired) electrons. The van der Waals surface area contributed by atoms with Gasteiger partial charge >= 0.3 is 0 Å². The zero-order valence-corrected chi connectivity index (χ0v) is 12.4. The molecule has 0 aliphatic carbocycles. The van der Waals surface area contributed by atoms with Crippen LogP contribution in [0.25, 0.3) is 0 Å². The lowest BCUT2D eigenvalue weighted by Crippen LogP contribution is -2.34. The molecule has 0 unspecified atom stereocenters. The van der Waals surface area contributed by atoms with Crippen molar-refractivity contribution in [3.05, 3.63) is 35.4 Å². The number of halogens is 2. The van der Waals surface area contributed by atoms with E-state index >= 15 is 0 Å². The number of hydrogen-bond donors (Lipinski definition) is 0. The van der Waals surface area contributed by atoms with Crippen LogP contribution in [-0.2, 0) is 9.84 Å². The van der Waals surface area contributed by atoms with E-state index in [4.69, 9.17) is 11.6 Å². The van der Waals surface area contributed by atoms with Gasteiger partial charge in [-0.1, -0.05) is 41.4 Å². The van der Waals surface area contributed by atoms with Gasteiger partial charge in [-0.25, -0.2) is 8.42 Å². The Balaban J connectivity index is 3.18. The van der Waals surface area contributed by atoms with Gasteiger partial charge in [0.15, 0.2) is 9.84 Å². The standard InChI is InChI=1S/C10H10ClIO3S/c1-7-3-5-8(6-4-7)9(13)10(11,12)16(2,14)15/h3-6H,1-2H3/t10-/m0/s1. The second-order valence-corrected chi connectivity index (χ2v) is 9.42. The van der Waals surface area contributed by atoms with Gasteiger partial charge < -0.3 is 0 Å². The maximum Gasteiger partial charge on any atom is 0.257 e. The topological polar surface area (TPSA) is 51.2 Å². The molecule has 0 aliphatic rings. The number of hydrogen-bond acceptors (Lipinski definition) is 3. The zero-order chi connectivity index (χ0) is 12.6. The number of alkyl halides is 2. The Morgan fingerprint density at radius 3 is 2.12 bits per heavy atom. The zero-order valence-electron chi connectivity index (χ0n) is 8.70. The molecule has 0 aliphatic heterocycles. The molecular weight excluding hydrogens is 363 g/mol. The maximum atomic E-state index is 11.9. The van der Waals surface area contributed by atoms with E-state index in [-0.39, 0.29) is 0 Å². The van der Waals surface area contributed by atoms with Gasteiger partial charge in [0.25, 0.3) is 2.21 Å². The summed E-state index contributed by atoms with van der Waals surface area (Å²) < 4.78 is 20.8. The van der Waals surface area contributed by atoms with E-state index in [1.165, 1.54) is 22.6 Å². The highest BCUT2D eigenvalue weighted by molar-refractivity contribution is 14.1. The van der Waals surface area contributed by atoms with Gasteiger partial charge in [0.1, 0.15) is 0 Å². The van der Waals surface area contributed by atoms with Gasteiger partial charge in [-0.05, 0) is 29.5 Å². The Bertz CT molecular complexity index is 505. The van der Waals surface area contributed by atoms with Crippen LogP contribution in [0, 0.1) is 6.92 Å². The lowest BCUT2D eigenvalue weighted by atomic mass is 10.1. The highest BCUT2D eigenvalue weighted by Crippen LogP contribution is 2.34. The number of benzene rings is 1. The van der Waals surface area contributed by atoms with E-state index < -0.39 is 17.8 Å². The number of carbonyl (C=O) groups excluding carboxylic acids is 1. The number of sulfone groups is 1. The van der Waals surface area contributed by atoms with Gasteiger partial charge in [0, 0.05) is 11.8 Å². The molecule has 1 aromatic carbocycles. The molecule has 0 N–H and O–H groups in total. The van der Waals surface area contributed by atoms with E-state index in [2.05, 4.69) is 0 Å². The van der Waals surface area contributed by atoms with Crippen molar-refractivity contribution < 1.29 is 13.2 Å². The fraction of sp³-hybridized carbons (Fsp3) is 0.300. The first-order valence-electron chi connectivity index (χ1n) is 4.35. The quantitative estimate of drug-likeness (QED) is 0.465. The largest absolute Gasteiger partial charge is 0.290 e. The normalized spacial score (nSPS) is 15.5. The Morgan fingerprint density at radius 2 is 1.75 bits per heavy atom. The van der Waals surface area contributed by atoms with Crippen LogP contribution >= 0.6 is 34.2 Å². The molecule has 16 heavy (non-hydrogen) atoms. The molecule has 1 aromatic rings. The molecule has 1 atom stereocenters. The number of rotatable bonds is 3. The van der Waals surface area contributed by atoms with E-state index in [1.807, 2.05) is 6.92 Å². The van der Waals surface area contributed by atoms with Crippen molar-refractivity contribution in [1.82, 2.24) is 0 Å². The van der Waals surface area contributed by atoms with E-state index in [1.54, 1.807) is 24.3 Å². The summed E-state index contributed by atoms with van der Waals surface area (Å²) >= 11 is 7.23. The summed E-state index contributed by atoms with van der Waals surface area (Å²) in [5.41, 5.74) is 1.28. The summed E-state index contributed by atoms with van der Waals surface area (Å²) in [5, 5.41) is 0. The summed E-state index contributed by atoms with van der Waals surface area (Å²) in [6.45, 7) is 1.88. The van der Waals surface area contributed by atoms with E-state index in [0.29, 0.717) is 5.56 Å². The first-order chi connectivity index (χ1) is 7.16. The Labute approximate surface area is 113 Å². The number of carbonyl (C=O) groups is 1. The van der Waals surface area contributed by atoms with E-state index in [0.717, 1.165) is 11.8 Å². The van der Waals surface area contributed by atoms with Crippen LogP contribution in [0.3, 0.4) is 0 Å². The second kappa shape index (κ2) is 4.62. The van der Waals surface area contributed by atoms with Crippen molar-refractivity contribution in [2.45, 2.75) is 9.14 Å². The third kappa shape index (κ3) is 2.75. The average Bonchev–Trinajstić information content (AvgIpc) is 2.16. The molecule has 1 rings (SSSR count). The lowest BCUT2D eigenvalue weighted by Gasteiger charge is -2.16. The van der Waals surface area contributed by atoms with Crippen molar-refractivity contribution in [2.24, 2.45) is 0 Å². The third-order valence-corrected chi connectivity index (χ3v) is 7.06. The van der Waals surface area contributed by atoms with Gasteiger partial charge in [0.2, 0.25) is 5.78 Å². The molecule has 3 nitrogen and oxygen atoms in total. The highest BCUT2D eigenvalue weighted by atomic mass is 127. The molecule has 0 fully saturated rings. The molecule has 6 heteroatoms. The number of ketones is 1. The summed E-state index contributed by atoms with van der Waals surface area (Å²) in [4.78, 5) is 11.9. The molecule has 0 saturated heterocycles. The monoisotopic (exact) mass is 372 g/mol. The Hall–Kier alpha value is -0.140. The van der Waals surface area contributed by atoms with E-state index in [9.17, 15) is 13.2 Å². The molecular formula is C10H10ClIO3S. The fourth-order valence-corrected chi connectivity index (χ4v) is 1.92. The van der Waals surface area contributed by atoms with Gasteiger partial charge in [-0.3, -0.25) is 4.79 Å². The van der Waals surface area contributed by atoms with Crippen LogP contribution in [-0.4, -0.2) is 22.7 Å². The van der Waals surface area contributed by atoms with Crippen LogP contribution in [0.2, 0.25) is 0 Å². The van der Waals surface area contributed by atoms with Gasteiger partial charge in [-0.15, -0.1) is 0 Å². The van der Waals surface area contributed by atoms with Gasteiger partial charge in [0.05, 0.1) is 0 Å². The molecule has 0 aromatic heterocycles. The highest BCUT2D eigenvalue weighted by Gasteiger charge is 2.43. The van der Waals surface area contributed by atoms with Crippen LogP contribution in [0.5, 0.6) is 0 Å². The molecule has 0 heterocycles. The lowest BCUT2D eigenvalue weighted by molar-refractivity contribution is 0.100. The van der Waals surface area contributed by atoms with Crippen molar-refractivity contribution in [1.29, 1.82) is 0 Å². The second-order valence-electron chi connectivity index (χ2n) is 3.48. The van der Waals surface area contributed by atoms with Crippen LogP contribution in [0.4, 0.5) is 0 Å². The van der Waals surface area contributed by atoms with Crippen LogP contribution in [0.1, 0.15) is 15.9 Å². The molecule has 0 saturated carbocycles.